The van der Waals surface area contributed by atoms with E-state index >= 15 is 0 Å². The average Bonchev–Trinajstić information content (AvgIpc) is 2.85. The Morgan fingerprint density at radius 3 is 2.38 bits per heavy atom. The molecule has 0 spiro atoms. The molecule has 0 aliphatic heterocycles. The third-order valence-electron chi connectivity index (χ3n) is 4.49. The minimum absolute atomic E-state index is 0.380. The summed E-state index contributed by atoms with van der Waals surface area (Å²) in [6.45, 7) is 6.19. The first-order valence-corrected chi connectivity index (χ1v) is 10.8. The number of hydrogen-bond donors (Lipinski definition) is 1. The lowest BCUT2D eigenvalue weighted by atomic mass is 10.2. The Kier molecular flexibility index (Phi) is 6.68. The summed E-state index contributed by atoms with van der Waals surface area (Å²) in [7, 11) is -1.97. The second-order valence-electron chi connectivity index (χ2n) is 6.85. The molecule has 0 aliphatic rings. The van der Waals surface area contributed by atoms with Gasteiger partial charge in [0, 0.05) is 7.05 Å². The van der Waals surface area contributed by atoms with E-state index in [0.717, 1.165) is 16.3 Å². The lowest BCUT2D eigenvalue weighted by Crippen LogP contribution is -2.39. The van der Waals surface area contributed by atoms with E-state index in [2.05, 4.69) is 10.4 Å². The van der Waals surface area contributed by atoms with Crippen LogP contribution < -0.4 is 9.62 Å². The fourth-order valence-corrected chi connectivity index (χ4v) is 3.71. The van der Waals surface area contributed by atoms with Crippen molar-refractivity contribution >= 4 is 33.3 Å². The molecule has 0 radical (unpaired) electrons. The Morgan fingerprint density at radius 1 is 1.24 bits per heavy atom. The molecule has 1 amide bonds. The Hall–Kier alpha value is -2.88. The number of para-hydroxylation sites is 1. The fraction of sp³-hybridized carbons (Fsp3) is 0.421. The van der Waals surface area contributed by atoms with Crippen LogP contribution in [-0.4, -0.2) is 49.0 Å². The van der Waals surface area contributed by atoms with E-state index in [1.165, 1.54) is 6.92 Å². The topological polar surface area (TPSA) is 111 Å². The molecular formula is C19H26N4O5S. The Labute approximate surface area is 170 Å². The molecule has 1 N–H and O–H groups in total. The number of aryl methyl sites for hydroxylation is 3. The molecule has 2 rings (SSSR count). The molecule has 0 saturated heterocycles. The molecule has 1 atom stereocenters. The first kappa shape index (κ1) is 22.4. The maximum absolute atomic E-state index is 12.4. The van der Waals surface area contributed by atoms with Gasteiger partial charge >= 0.3 is 5.97 Å². The number of carbonyl (C=O) groups is 2. The standard InChI is InChI=1S/C19H26N4O5S/c1-12-9-7-8-10-16(12)23(29(6,26)27)11-17(24)28-15(4)19(25)20-18-13(2)21-22(5)14(18)3/h7-10,15H,11H2,1-6H3,(H,20,25)/t15-/m0/s1. The number of anilines is 2. The zero-order chi connectivity index (χ0) is 21.9. The first-order valence-electron chi connectivity index (χ1n) is 8.95. The van der Waals surface area contributed by atoms with E-state index in [1.54, 1.807) is 56.8 Å². The minimum atomic E-state index is -3.73. The molecule has 0 fully saturated rings. The number of aromatic nitrogens is 2. The summed E-state index contributed by atoms with van der Waals surface area (Å²) in [6.07, 6.45) is -0.101. The number of nitrogens with one attached hydrogen (secondary N) is 1. The summed E-state index contributed by atoms with van der Waals surface area (Å²) < 4.78 is 32.1. The number of nitrogens with zero attached hydrogens (tertiary/aromatic N) is 3. The highest BCUT2D eigenvalue weighted by molar-refractivity contribution is 7.92. The molecule has 0 aliphatic carbocycles. The minimum Gasteiger partial charge on any atom is -0.451 e. The van der Waals surface area contributed by atoms with Gasteiger partial charge in [-0.05, 0) is 39.3 Å². The highest BCUT2D eigenvalue weighted by Gasteiger charge is 2.26. The van der Waals surface area contributed by atoms with Crippen molar-refractivity contribution in [1.29, 1.82) is 0 Å². The van der Waals surface area contributed by atoms with Crippen LogP contribution in [0, 0.1) is 20.8 Å². The van der Waals surface area contributed by atoms with Crippen molar-refractivity contribution in [1.82, 2.24) is 9.78 Å². The fourth-order valence-electron chi connectivity index (χ4n) is 2.81. The summed E-state index contributed by atoms with van der Waals surface area (Å²) in [5.74, 6) is -1.36. The van der Waals surface area contributed by atoms with Crippen LogP contribution in [-0.2, 0) is 31.4 Å². The summed E-state index contributed by atoms with van der Waals surface area (Å²) in [5.41, 5.74) is 3.03. The monoisotopic (exact) mass is 422 g/mol. The highest BCUT2D eigenvalue weighted by Crippen LogP contribution is 2.22. The van der Waals surface area contributed by atoms with Crippen LogP contribution in [0.2, 0.25) is 0 Å². The molecule has 1 aromatic carbocycles. The molecule has 0 unspecified atom stereocenters. The van der Waals surface area contributed by atoms with Gasteiger partial charge in [-0.25, -0.2) is 8.42 Å². The molecule has 1 heterocycles. The third-order valence-corrected chi connectivity index (χ3v) is 5.62. The maximum atomic E-state index is 12.4. The zero-order valence-electron chi connectivity index (χ0n) is 17.4. The lowest BCUT2D eigenvalue weighted by Gasteiger charge is -2.24. The molecular weight excluding hydrogens is 396 g/mol. The normalized spacial score (nSPS) is 12.3. The molecule has 9 nitrogen and oxygen atoms in total. The van der Waals surface area contributed by atoms with E-state index in [9.17, 15) is 18.0 Å². The molecule has 29 heavy (non-hydrogen) atoms. The lowest BCUT2D eigenvalue weighted by molar-refractivity contribution is -0.151. The molecule has 158 valence electrons. The van der Waals surface area contributed by atoms with Crippen molar-refractivity contribution in [2.45, 2.75) is 33.8 Å². The number of esters is 1. The Balaban J connectivity index is 2.09. The smallest absolute Gasteiger partial charge is 0.327 e. The summed E-state index contributed by atoms with van der Waals surface area (Å²) in [4.78, 5) is 24.8. The van der Waals surface area contributed by atoms with Crippen molar-refractivity contribution in [2.24, 2.45) is 7.05 Å². The van der Waals surface area contributed by atoms with Crippen LogP contribution in [0.3, 0.4) is 0 Å². The zero-order valence-corrected chi connectivity index (χ0v) is 18.2. The number of hydrogen-bond acceptors (Lipinski definition) is 6. The predicted molar refractivity (Wildman–Crippen MR) is 110 cm³/mol. The van der Waals surface area contributed by atoms with Crippen molar-refractivity contribution in [3.05, 3.63) is 41.2 Å². The number of rotatable bonds is 7. The van der Waals surface area contributed by atoms with Crippen molar-refractivity contribution < 1.29 is 22.7 Å². The number of carbonyl (C=O) groups excluding carboxylic acids is 2. The van der Waals surface area contributed by atoms with Gasteiger partial charge in [-0.2, -0.15) is 5.10 Å². The summed E-state index contributed by atoms with van der Waals surface area (Å²) >= 11 is 0. The summed E-state index contributed by atoms with van der Waals surface area (Å²) in [5, 5.41) is 6.91. The number of amides is 1. The second-order valence-corrected chi connectivity index (χ2v) is 8.75. The van der Waals surface area contributed by atoms with Crippen molar-refractivity contribution in [3.8, 4) is 0 Å². The number of benzene rings is 1. The largest absolute Gasteiger partial charge is 0.451 e. The van der Waals surface area contributed by atoms with E-state index in [-0.39, 0.29) is 0 Å². The average molecular weight is 423 g/mol. The van der Waals surface area contributed by atoms with Crippen molar-refractivity contribution in [3.63, 3.8) is 0 Å². The van der Waals surface area contributed by atoms with Crippen LogP contribution >= 0.6 is 0 Å². The molecule has 0 saturated carbocycles. The molecule has 2 aromatic rings. The van der Waals surface area contributed by atoms with Crippen molar-refractivity contribution in [2.75, 3.05) is 22.4 Å². The maximum Gasteiger partial charge on any atom is 0.327 e. The quantitative estimate of drug-likeness (QED) is 0.680. The van der Waals surface area contributed by atoms with Crippen LogP contribution in [0.1, 0.15) is 23.9 Å². The van der Waals surface area contributed by atoms with E-state index in [0.29, 0.717) is 22.6 Å². The second kappa shape index (κ2) is 8.64. The molecule has 0 bridgehead atoms. The first-order chi connectivity index (χ1) is 13.4. The van der Waals surface area contributed by atoms with Gasteiger partial charge in [0.15, 0.2) is 6.10 Å². The highest BCUT2D eigenvalue weighted by atomic mass is 32.2. The van der Waals surface area contributed by atoms with Gasteiger partial charge < -0.3 is 10.1 Å². The summed E-state index contributed by atoms with van der Waals surface area (Å²) in [6, 6.07) is 6.80. The molecule has 1 aromatic heterocycles. The number of sulfonamides is 1. The van der Waals surface area contributed by atoms with Gasteiger partial charge in [0.05, 0.1) is 29.0 Å². The van der Waals surface area contributed by atoms with Gasteiger partial charge in [0.25, 0.3) is 5.91 Å². The van der Waals surface area contributed by atoms with Crippen LogP contribution in [0.15, 0.2) is 24.3 Å². The van der Waals surface area contributed by atoms with Gasteiger partial charge in [0.2, 0.25) is 10.0 Å². The van der Waals surface area contributed by atoms with Crippen LogP contribution in [0.4, 0.5) is 11.4 Å². The van der Waals surface area contributed by atoms with Crippen LogP contribution in [0.5, 0.6) is 0 Å². The Bertz CT molecular complexity index is 1030. The van der Waals surface area contributed by atoms with Gasteiger partial charge in [-0.3, -0.25) is 18.6 Å². The van der Waals surface area contributed by atoms with Gasteiger partial charge in [-0.15, -0.1) is 0 Å². The van der Waals surface area contributed by atoms with Gasteiger partial charge in [0.1, 0.15) is 6.54 Å². The van der Waals surface area contributed by atoms with Crippen LogP contribution in [0.25, 0.3) is 0 Å². The third kappa shape index (κ3) is 5.35. The van der Waals surface area contributed by atoms with E-state index in [1.807, 2.05) is 0 Å². The molecule has 10 heteroatoms. The Morgan fingerprint density at radius 2 is 1.86 bits per heavy atom. The van der Waals surface area contributed by atoms with E-state index in [4.69, 9.17) is 4.74 Å². The SMILES string of the molecule is Cc1ccccc1N(CC(=O)O[C@@H](C)C(=O)Nc1c(C)nn(C)c1C)S(C)(=O)=O. The van der Waals surface area contributed by atoms with E-state index < -0.39 is 34.5 Å². The predicted octanol–water partition coefficient (Wildman–Crippen LogP) is 1.68. The van der Waals surface area contributed by atoms with Gasteiger partial charge in [-0.1, -0.05) is 18.2 Å². The number of ether oxygens (including phenoxy) is 1.